The average Bonchev–Trinajstić information content (AvgIpc) is 2.40. The first-order valence-corrected chi connectivity index (χ1v) is 5.84. The molecule has 0 aliphatic rings. The summed E-state index contributed by atoms with van der Waals surface area (Å²) in [5, 5.41) is 2.75. The lowest BCUT2D eigenvalue weighted by atomic mass is 10.1. The van der Waals surface area contributed by atoms with E-state index in [0.717, 1.165) is 0 Å². The van der Waals surface area contributed by atoms with Gasteiger partial charge in [0.15, 0.2) is 5.78 Å². The Bertz CT molecular complexity index is 601. The molecule has 0 aromatic heterocycles. The largest absolute Gasteiger partial charge is 0.399 e. The van der Waals surface area contributed by atoms with Gasteiger partial charge in [-0.25, -0.2) is 0 Å². The summed E-state index contributed by atoms with van der Waals surface area (Å²) in [4.78, 5) is 23.1. The minimum absolute atomic E-state index is 0.00332. The number of benzene rings is 2. The molecule has 0 aliphatic carbocycles. The number of carbonyl (C=O) groups is 2. The highest BCUT2D eigenvalue weighted by Gasteiger charge is 2.06. The molecule has 0 unspecified atom stereocenters. The molecule has 0 saturated heterocycles. The summed E-state index contributed by atoms with van der Waals surface area (Å²) in [7, 11) is 0. The summed E-state index contributed by atoms with van der Waals surface area (Å²) in [5.41, 5.74) is 7.97. The number of nitrogens with two attached hydrogens (primary N) is 1. The van der Waals surface area contributed by atoms with Crippen LogP contribution in [0.5, 0.6) is 0 Å². The van der Waals surface area contributed by atoms with Gasteiger partial charge >= 0.3 is 0 Å². The number of Topliss-reactive ketones (excluding diaryl/α,β-unsaturated/α-hetero) is 1. The zero-order chi connectivity index (χ0) is 13.8. The van der Waals surface area contributed by atoms with E-state index in [1.165, 1.54) is 6.92 Å². The van der Waals surface area contributed by atoms with Gasteiger partial charge in [0.25, 0.3) is 5.91 Å². The Morgan fingerprint density at radius 1 is 0.895 bits per heavy atom. The van der Waals surface area contributed by atoms with Crippen LogP contribution in [0.25, 0.3) is 0 Å². The maximum atomic E-state index is 11.9. The molecule has 2 aromatic rings. The molecule has 0 radical (unpaired) electrons. The predicted octanol–water partition coefficient (Wildman–Crippen LogP) is 2.72. The number of anilines is 2. The molecule has 4 nitrogen and oxygen atoms in total. The molecule has 0 spiro atoms. The molecule has 96 valence electrons. The molecule has 0 heterocycles. The smallest absolute Gasteiger partial charge is 0.255 e. The van der Waals surface area contributed by atoms with Gasteiger partial charge in [-0.1, -0.05) is 0 Å². The van der Waals surface area contributed by atoms with Crippen molar-refractivity contribution < 1.29 is 9.59 Å². The van der Waals surface area contributed by atoms with Gasteiger partial charge < -0.3 is 11.1 Å². The van der Waals surface area contributed by atoms with E-state index in [4.69, 9.17) is 5.73 Å². The van der Waals surface area contributed by atoms with E-state index in [9.17, 15) is 9.59 Å². The number of amides is 1. The molecule has 0 atom stereocenters. The fourth-order valence-electron chi connectivity index (χ4n) is 1.63. The van der Waals surface area contributed by atoms with Crippen molar-refractivity contribution in [3.8, 4) is 0 Å². The maximum absolute atomic E-state index is 11.9. The fraction of sp³-hybridized carbons (Fsp3) is 0.0667. The van der Waals surface area contributed by atoms with Crippen LogP contribution in [0.4, 0.5) is 11.4 Å². The second-order valence-electron chi connectivity index (χ2n) is 4.21. The second-order valence-corrected chi connectivity index (χ2v) is 4.21. The summed E-state index contributed by atoms with van der Waals surface area (Å²) in [6.45, 7) is 1.50. The van der Waals surface area contributed by atoms with E-state index in [0.29, 0.717) is 22.5 Å². The van der Waals surface area contributed by atoms with Crippen molar-refractivity contribution in [2.45, 2.75) is 6.92 Å². The maximum Gasteiger partial charge on any atom is 0.255 e. The number of hydrogen-bond acceptors (Lipinski definition) is 3. The van der Waals surface area contributed by atoms with Crippen molar-refractivity contribution in [1.29, 1.82) is 0 Å². The molecule has 0 aliphatic heterocycles. The molecule has 3 N–H and O–H groups in total. The Kier molecular flexibility index (Phi) is 3.61. The molecule has 2 rings (SSSR count). The summed E-state index contributed by atoms with van der Waals surface area (Å²) in [6.07, 6.45) is 0. The molecule has 1 amide bonds. The van der Waals surface area contributed by atoms with Gasteiger partial charge in [-0.3, -0.25) is 9.59 Å². The van der Waals surface area contributed by atoms with Gasteiger partial charge in [0.1, 0.15) is 0 Å². The monoisotopic (exact) mass is 254 g/mol. The lowest BCUT2D eigenvalue weighted by Gasteiger charge is -2.06. The van der Waals surface area contributed by atoms with Crippen LogP contribution in [0.2, 0.25) is 0 Å². The fourth-order valence-corrected chi connectivity index (χ4v) is 1.63. The molecule has 4 heteroatoms. The highest BCUT2D eigenvalue weighted by atomic mass is 16.1. The Hall–Kier alpha value is -2.62. The van der Waals surface area contributed by atoms with E-state index in [-0.39, 0.29) is 11.7 Å². The normalized spacial score (nSPS) is 9.95. The lowest BCUT2D eigenvalue weighted by Crippen LogP contribution is -2.11. The molecular formula is C15H14N2O2. The third-order valence-corrected chi connectivity index (χ3v) is 2.72. The number of rotatable bonds is 3. The van der Waals surface area contributed by atoms with Crippen LogP contribution < -0.4 is 11.1 Å². The zero-order valence-electron chi connectivity index (χ0n) is 10.5. The first-order chi connectivity index (χ1) is 9.06. The van der Waals surface area contributed by atoms with Crippen LogP contribution in [0.3, 0.4) is 0 Å². The second kappa shape index (κ2) is 5.35. The van der Waals surface area contributed by atoms with Gasteiger partial charge in [0, 0.05) is 22.5 Å². The highest BCUT2D eigenvalue weighted by Crippen LogP contribution is 2.12. The van der Waals surface area contributed by atoms with Gasteiger partial charge in [-0.2, -0.15) is 0 Å². The Morgan fingerprint density at radius 2 is 1.42 bits per heavy atom. The Balaban J connectivity index is 2.10. The molecule has 0 saturated carbocycles. The molecular weight excluding hydrogens is 240 g/mol. The number of carbonyl (C=O) groups excluding carboxylic acids is 2. The van der Waals surface area contributed by atoms with Crippen molar-refractivity contribution >= 4 is 23.1 Å². The first kappa shape index (κ1) is 12.8. The van der Waals surface area contributed by atoms with Gasteiger partial charge in [0.05, 0.1) is 0 Å². The van der Waals surface area contributed by atoms with Crippen molar-refractivity contribution in [2.24, 2.45) is 0 Å². The number of nitrogens with one attached hydrogen (secondary N) is 1. The van der Waals surface area contributed by atoms with Crippen LogP contribution in [0.1, 0.15) is 27.6 Å². The van der Waals surface area contributed by atoms with E-state index >= 15 is 0 Å². The SMILES string of the molecule is CC(=O)c1ccc(NC(=O)c2ccc(N)cc2)cc1. The van der Waals surface area contributed by atoms with Gasteiger partial charge in [0.2, 0.25) is 0 Å². The summed E-state index contributed by atoms with van der Waals surface area (Å²) < 4.78 is 0. The van der Waals surface area contributed by atoms with Crippen molar-refractivity contribution in [3.05, 3.63) is 59.7 Å². The highest BCUT2D eigenvalue weighted by molar-refractivity contribution is 6.04. The summed E-state index contributed by atoms with van der Waals surface area (Å²) in [6, 6.07) is 13.4. The molecule has 0 bridgehead atoms. The predicted molar refractivity (Wildman–Crippen MR) is 75.3 cm³/mol. The summed E-state index contributed by atoms with van der Waals surface area (Å²) >= 11 is 0. The van der Waals surface area contributed by atoms with Gasteiger partial charge in [-0.15, -0.1) is 0 Å². The van der Waals surface area contributed by atoms with E-state index in [1.807, 2.05) is 0 Å². The third kappa shape index (κ3) is 3.19. The molecule has 19 heavy (non-hydrogen) atoms. The van der Waals surface area contributed by atoms with Crippen LogP contribution in [-0.4, -0.2) is 11.7 Å². The first-order valence-electron chi connectivity index (χ1n) is 5.84. The van der Waals surface area contributed by atoms with Crippen LogP contribution in [0.15, 0.2) is 48.5 Å². The van der Waals surface area contributed by atoms with E-state index < -0.39 is 0 Å². The van der Waals surface area contributed by atoms with Crippen molar-refractivity contribution in [2.75, 3.05) is 11.1 Å². The van der Waals surface area contributed by atoms with Crippen LogP contribution >= 0.6 is 0 Å². The third-order valence-electron chi connectivity index (χ3n) is 2.72. The zero-order valence-corrected chi connectivity index (χ0v) is 10.5. The van der Waals surface area contributed by atoms with Gasteiger partial charge in [-0.05, 0) is 55.5 Å². The number of ketones is 1. The quantitative estimate of drug-likeness (QED) is 0.653. The van der Waals surface area contributed by atoms with Crippen molar-refractivity contribution in [3.63, 3.8) is 0 Å². The average molecular weight is 254 g/mol. The topological polar surface area (TPSA) is 72.2 Å². The molecule has 0 fully saturated rings. The number of nitrogen functional groups attached to an aromatic ring is 1. The lowest BCUT2D eigenvalue weighted by molar-refractivity contribution is 0.101. The minimum atomic E-state index is -0.212. The number of hydrogen-bond donors (Lipinski definition) is 2. The van der Waals surface area contributed by atoms with Crippen LogP contribution in [0, 0.1) is 0 Å². The Labute approximate surface area is 111 Å². The van der Waals surface area contributed by atoms with E-state index in [1.54, 1.807) is 48.5 Å². The van der Waals surface area contributed by atoms with Crippen molar-refractivity contribution in [1.82, 2.24) is 0 Å². The molecule has 2 aromatic carbocycles. The van der Waals surface area contributed by atoms with Crippen LogP contribution in [-0.2, 0) is 0 Å². The van der Waals surface area contributed by atoms with E-state index in [2.05, 4.69) is 5.32 Å². The Morgan fingerprint density at radius 3 is 1.95 bits per heavy atom. The summed E-state index contributed by atoms with van der Waals surface area (Å²) in [5.74, 6) is -0.216. The standard InChI is InChI=1S/C15H14N2O2/c1-10(18)11-4-8-14(9-5-11)17-15(19)12-2-6-13(16)7-3-12/h2-9H,16H2,1H3,(H,17,19). The minimum Gasteiger partial charge on any atom is -0.399 e.